The zero-order chi connectivity index (χ0) is 17.9. The molecule has 0 unspecified atom stereocenters. The number of piperidine rings is 1. The fourth-order valence-corrected chi connectivity index (χ4v) is 3.56. The van der Waals surface area contributed by atoms with Gasteiger partial charge in [-0.1, -0.05) is 36.4 Å². The van der Waals surface area contributed by atoms with Crippen molar-refractivity contribution in [2.75, 3.05) is 18.0 Å². The van der Waals surface area contributed by atoms with Crippen molar-refractivity contribution in [2.45, 2.75) is 26.3 Å². The van der Waals surface area contributed by atoms with Crippen LogP contribution in [0, 0.1) is 12.8 Å². The molecule has 1 N–H and O–H groups in total. The van der Waals surface area contributed by atoms with Gasteiger partial charge >= 0.3 is 0 Å². The lowest BCUT2D eigenvalue weighted by Crippen LogP contribution is -2.41. The lowest BCUT2D eigenvalue weighted by Gasteiger charge is -2.31. The fourth-order valence-electron chi connectivity index (χ4n) is 3.56. The second kappa shape index (κ2) is 7.15. The van der Waals surface area contributed by atoms with Crippen LogP contribution in [0.4, 0.5) is 5.95 Å². The highest BCUT2D eigenvalue weighted by molar-refractivity contribution is 5.79. The van der Waals surface area contributed by atoms with Crippen molar-refractivity contribution in [2.24, 2.45) is 5.92 Å². The van der Waals surface area contributed by atoms with Gasteiger partial charge in [0.15, 0.2) is 5.65 Å². The predicted molar refractivity (Wildman–Crippen MR) is 101 cm³/mol. The zero-order valence-electron chi connectivity index (χ0n) is 14.9. The van der Waals surface area contributed by atoms with Crippen LogP contribution in [-0.2, 0) is 11.3 Å². The molecule has 0 radical (unpaired) electrons. The number of pyridine rings is 1. The van der Waals surface area contributed by atoms with E-state index in [0.29, 0.717) is 6.54 Å². The van der Waals surface area contributed by atoms with Gasteiger partial charge in [-0.3, -0.25) is 9.20 Å². The Hall–Kier alpha value is -2.89. The van der Waals surface area contributed by atoms with Crippen LogP contribution in [0.5, 0.6) is 0 Å². The Labute approximate surface area is 152 Å². The highest BCUT2D eigenvalue weighted by Crippen LogP contribution is 2.23. The summed E-state index contributed by atoms with van der Waals surface area (Å²) in [6.07, 6.45) is 1.67. The molecule has 1 aliphatic rings. The summed E-state index contributed by atoms with van der Waals surface area (Å²) in [5.41, 5.74) is 3.11. The summed E-state index contributed by atoms with van der Waals surface area (Å²) in [5.74, 6) is 1.09. The number of hydrogen-bond donors (Lipinski definition) is 1. The molecule has 1 aromatic carbocycles. The average Bonchev–Trinajstić information content (AvgIpc) is 3.13. The Balaban J connectivity index is 1.37. The normalized spacial score (nSPS) is 15.3. The van der Waals surface area contributed by atoms with Crippen molar-refractivity contribution >= 4 is 17.5 Å². The predicted octanol–water partition coefficient (Wildman–Crippen LogP) is 2.57. The number of benzene rings is 1. The summed E-state index contributed by atoms with van der Waals surface area (Å²) in [6, 6.07) is 16.0. The monoisotopic (exact) mass is 349 g/mol. The molecular weight excluding hydrogens is 326 g/mol. The van der Waals surface area contributed by atoms with Crippen LogP contribution >= 0.6 is 0 Å². The number of amides is 1. The number of nitrogens with zero attached hydrogens (tertiary/aromatic N) is 4. The summed E-state index contributed by atoms with van der Waals surface area (Å²) >= 11 is 0. The van der Waals surface area contributed by atoms with Crippen molar-refractivity contribution < 1.29 is 4.79 Å². The Morgan fingerprint density at radius 3 is 2.62 bits per heavy atom. The lowest BCUT2D eigenvalue weighted by molar-refractivity contribution is -0.125. The zero-order valence-corrected chi connectivity index (χ0v) is 14.9. The molecule has 0 aliphatic carbocycles. The van der Waals surface area contributed by atoms with E-state index in [2.05, 4.69) is 37.8 Å². The largest absolute Gasteiger partial charge is 0.352 e. The number of carbonyl (C=O) groups excluding carboxylic acids is 1. The lowest BCUT2D eigenvalue weighted by atomic mass is 9.96. The van der Waals surface area contributed by atoms with Crippen molar-refractivity contribution in [3.8, 4) is 0 Å². The average molecular weight is 349 g/mol. The number of nitrogens with one attached hydrogen (secondary N) is 1. The number of rotatable bonds is 4. The molecule has 3 heterocycles. The van der Waals surface area contributed by atoms with E-state index in [-0.39, 0.29) is 11.8 Å². The van der Waals surface area contributed by atoms with Gasteiger partial charge in [-0.2, -0.15) is 0 Å². The maximum Gasteiger partial charge on any atom is 0.231 e. The highest BCUT2D eigenvalue weighted by atomic mass is 16.1. The second-order valence-corrected chi connectivity index (χ2v) is 6.83. The maximum atomic E-state index is 12.5. The van der Waals surface area contributed by atoms with Gasteiger partial charge in [0, 0.05) is 31.2 Å². The Bertz CT molecular complexity index is 897. The molecule has 1 amide bonds. The Morgan fingerprint density at radius 1 is 1.08 bits per heavy atom. The molecule has 0 bridgehead atoms. The number of aromatic nitrogens is 3. The number of anilines is 1. The first-order chi connectivity index (χ1) is 12.7. The minimum Gasteiger partial charge on any atom is -0.352 e. The molecule has 2 aromatic heterocycles. The molecule has 6 nitrogen and oxygen atoms in total. The number of carbonyl (C=O) groups is 1. The van der Waals surface area contributed by atoms with Crippen LogP contribution in [0.3, 0.4) is 0 Å². The van der Waals surface area contributed by atoms with Crippen molar-refractivity contribution in [1.29, 1.82) is 0 Å². The molecule has 0 atom stereocenters. The SMILES string of the molecule is Cc1cccc2nnc(N3CCC(C(=O)NCc4ccccc4)CC3)n12. The highest BCUT2D eigenvalue weighted by Gasteiger charge is 2.27. The molecule has 1 saturated heterocycles. The second-order valence-electron chi connectivity index (χ2n) is 6.83. The molecule has 6 heteroatoms. The molecule has 3 aromatic rings. The smallest absolute Gasteiger partial charge is 0.231 e. The van der Waals surface area contributed by atoms with Crippen LogP contribution < -0.4 is 10.2 Å². The van der Waals surface area contributed by atoms with E-state index in [1.807, 2.05) is 42.5 Å². The van der Waals surface area contributed by atoms with Gasteiger partial charge in [-0.05, 0) is 37.5 Å². The first kappa shape index (κ1) is 16.6. The molecule has 4 rings (SSSR count). The number of hydrogen-bond acceptors (Lipinski definition) is 4. The van der Waals surface area contributed by atoms with E-state index < -0.39 is 0 Å². The maximum absolute atomic E-state index is 12.5. The van der Waals surface area contributed by atoms with Gasteiger partial charge in [-0.15, -0.1) is 10.2 Å². The van der Waals surface area contributed by atoms with E-state index in [1.54, 1.807) is 0 Å². The van der Waals surface area contributed by atoms with Crippen molar-refractivity contribution in [1.82, 2.24) is 19.9 Å². The van der Waals surface area contributed by atoms with Gasteiger partial charge in [0.25, 0.3) is 0 Å². The van der Waals surface area contributed by atoms with E-state index in [1.165, 1.54) is 0 Å². The molecule has 1 fully saturated rings. The summed E-state index contributed by atoms with van der Waals surface area (Å²) in [4.78, 5) is 14.7. The van der Waals surface area contributed by atoms with E-state index >= 15 is 0 Å². The molecule has 134 valence electrons. The standard InChI is InChI=1S/C20H23N5O/c1-15-6-5-9-18-22-23-20(25(15)18)24-12-10-17(11-13-24)19(26)21-14-16-7-3-2-4-8-16/h2-9,17H,10-14H2,1H3,(H,21,26). The van der Waals surface area contributed by atoms with Crippen molar-refractivity contribution in [3.63, 3.8) is 0 Å². The Morgan fingerprint density at radius 2 is 1.85 bits per heavy atom. The molecule has 26 heavy (non-hydrogen) atoms. The first-order valence-corrected chi connectivity index (χ1v) is 9.10. The summed E-state index contributed by atoms with van der Waals surface area (Å²) < 4.78 is 2.08. The minimum atomic E-state index is 0.0650. The number of aryl methyl sites for hydroxylation is 1. The van der Waals surface area contributed by atoms with Gasteiger partial charge in [0.1, 0.15) is 0 Å². The fraction of sp³-hybridized carbons (Fsp3) is 0.350. The van der Waals surface area contributed by atoms with Gasteiger partial charge in [0.05, 0.1) is 0 Å². The third-order valence-corrected chi connectivity index (χ3v) is 5.06. The van der Waals surface area contributed by atoms with Crippen LogP contribution in [0.25, 0.3) is 5.65 Å². The van der Waals surface area contributed by atoms with Gasteiger partial charge in [0.2, 0.25) is 11.9 Å². The van der Waals surface area contributed by atoms with E-state index in [0.717, 1.165) is 48.8 Å². The quantitative estimate of drug-likeness (QED) is 0.786. The van der Waals surface area contributed by atoms with Gasteiger partial charge in [-0.25, -0.2) is 0 Å². The molecule has 0 spiro atoms. The minimum absolute atomic E-state index is 0.0650. The topological polar surface area (TPSA) is 62.5 Å². The van der Waals surface area contributed by atoms with Crippen LogP contribution in [0.2, 0.25) is 0 Å². The van der Waals surface area contributed by atoms with Crippen LogP contribution in [0.1, 0.15) is 24.1 Å². The van der Waals surface area contributed by atoms with Gasteiger partial charge < -0.3 is 10.2 Å². The molecule has 0 saturated carbocycles. The summed E-state index contributed by atoms with van der Waals surface area (Å²) in [6.45, 7) is 4.29. The third-order valence-electron chi connectivity index (χ3n) is 5.06. The van der Waals surface area contributed by atoms with E-state index in [4.69, 9.17) is 0 Å². The number of fused-ring (bicyclic) bond motifs is 1. The van der Waals surface area contributed by atoms with Crippen molar-refractivity contribution in [3.05, 3.63) is 59.8 Å². The summed E-state index contributed by atoms with van der Waals surface area (Å²) in [7, 11) is 0. The molecule has 1 aliphatic heterocycles. The first-order valence-electron chi connectivity index (χ1n) is 9.10. The molecular formula is C20H23N5O. The van der Waals surface area contributed by atoms with E-state index in [9.17, 15) is 4.79 Å². The third kappa shape index (κ3) is 3.27. The summed E-state index contributed by atoms with van der Waals surface area (Å²) in [5, 5.41) is 11.7. The van der Waals surface area contributed by atoms with Crippen LogP contribution in [-0.4, -0.2) is 33.6 Å². The Kier molecular flexibility index (Phi) is 4.56. The van der Waals surface area contributed by atoms with Crippen LogP contribution in [0.15, 0.2) is 48.5 Å².